The number of oxime groups is 1. The topological polar surface area (TPSA) is 96.9 Å². The van der Waals surface area contributed by atoms with Crippen LogP contribution < -0.4 is 15.8 Å². The molecule has 0 heterocycles. The molecular weight excluding hydrogens is 490 g/mol. The van der Waals surface area contributed by atoms with Gasteiger partial charge in [0.2, 0.25) is 0 Å². The van der Waals surface area contributed by atoms with Gasteiger partial charge in [-0.3, -0.25) is 4.79 Å². The molecular formula is C20H23Br2N3O3. The number of hydrogen-bond acceptors (Lipinski definition) is 5. The van der Waals surface area contributed by atoms with Gasteiger partial charge in [0.05, 0.1) is 6.61 Å². The molecule has 0 saturated heterocycles. The average Bonchev–Trinajstić information content (AvgIpc) is 2.69. The predicted octanol–water partition coefficient (Wildman–Crippen LogP) is 3.67. The first-order chi connectivity index (χ1) is 13.5. The molecule has 0 fully saturated rings. The van der Waals surface area contributed by atoms with Crippen molar-refractivity contribution in [3.8, 4) is 5.75 Å². The van der Waals surface area contributed by atoms with Crippen molar-refractivity contribution in [1.29, 1.82) is 0 Å². The number of nitrogens with two attached hydrogens (primary N) is 1. The van der Waals surface area contributed by atoms with Gasteiger partial charge < -0.3 is 21.0 Å². The quantitative estimate of drug-likeness (QED) is 0.196. The second kappa shape index (κ2) is 11.8. The van der Waals surface area contributed by atoms with Crippen LogP contribution >= 0.6 is 31.9 Å². The second-order valence-corrected chi connectivity index (χ2v) is 7.78. The minimum absolute atomic E-state index is 0.0768. The zero-order valence-electron chi connectivity index (χ0n) is 15.3. The fourth-order valence-electron chi connectivity index (χ4n) is 2.53. The number of carbonyl (C=O) groups excluding carboxylic acids is 1. The number of halogens is 2. The molecule has 150 valence electrons. The molecule has 0 aromatic heterocycles. The van der Waals surface area contributed by atoms with Crippen molar-refractivity contribution in [2.24, 2.45) is 10.9 Å². The van der Waals surface area contributed by atoms with Crippen LogP contribution in [0.1, 0.15) is 17.5 Å². The molecule has 0 spiro atoms. The van der Waals surface area contributed by atoms with Gasteiger partial charge in [-0.15, -0.1) is 0 Å². The van der Waals surface area contributed by atoms with Crippen molar-refractivity contribution >= 4 is 43.5 Å². The summed E-state index contributed by atoms with van der Waals surface area (Å²) in [6, 6.07) is 13.2. The first-order valence-electron chi connectivity index (χ1n) is 8.89. The Hall–Kier alpha value is -1.90. The Labute approximate surface area is 181 Å². The molecule has 0 aliphatic rings. The minimum atomic E-state index is -0.389. The Morgan fingerprint density at radius 3 is 2.46 bits per heavy atom. The Balaban J connectivity index is 1.90. The van der Waals surface area contributed by atoms with Crippen molar-refractivity contribution in [3.05, 3.63) is 62.5 Å². The molecule has 2 rings (SSSR count). The lowest BCUT2D eigenvalue weighted by Gasteiger charge is -2.12. The highest BCUT2D eigenvalue weighted by atomic mass is 79.9. The van der Waals surface area contributed by atoms with E-state index in [1.807, 2.05) is 42.5 Å². The van der Waals surface area contributed by atoms with Crippen molar-refractivity contribution in [3.63, 3.8) is 0 Å². The van der Waals surface area contributed by atoms with Crippen molar-refractivity contribution < 1.29 is 14.7 Å². The molecule has 2 aromatic rings. The minimum Gasteiger partial charge on any atom is -0.493 e. The smallest absolute Gasteiger partial charge is 0.269 e. The maximum absolute atomic E-state index is 12.3. The Morgan fingerprint density at radius 2 is 1.86 bits per heavy atom. The van der Waals surface area contributed by atoms with Gasteiger partial charge in [-0.1, -0.05) is 67.3 Å². The number of benzene rings is 2. The lowest BCUT2D eigenvalue weighted by Crippen LogP contribution is -2.33. The molecule has 28 heavy (non-hydrogen) atoms. The van der Waals surface area contributed by atoms with Gasteiger partial charge in [-0.25, -0.2) is 0 Å². The molecule has 2 aromatic carbocycles. The third-order valence-electron chi connectivity index (χ3n) is 3.99. The predicted molar refractivity (Wildman–Crippen MR) is 117 cm³/mol. The molecule has 0 bridgehead atoms. The summed E-state index contributed by atoms with van der Waals surface area (Å²) in [7, 11) is 0. The highest BCUT2D eigenvalue weighted by Gasteiger charge is 2.14. The van der Waals surface area contributed by atoms with Crippen LogP contribution in [0.5, 0.6) is 5.75 Å². The van der Waals surface area contributed by atoms with Crippen LogP contribution in [0.2, 0.25) is 0 Å². The lowest BCUT2D eigenvalue weighted by atomic mass is 10.1. The van der Waals surface area contributed by atoms with E-state index in [2.05, 4.69) is 42.3 Å². The van der Waals surface area contributed by atoms with E-state index in [1.54, 1.807) is 0 Å². The standard InChI is InChI=1S/C20H23Br2N3O3/c21-17-12-15(28-10-4-8-23)13-18(22)16(17)7-9-24-20(26)19(25-27)11-14-5-2-1-3-6-14/h1-3,5-6,12-13,27H,4,7-11,23H2,(H,24,26). The van der Waals surface area contributed by atoms with Gasteiger partial charge in [0.15, 0.2) is 0 Å². The van der Waals surface area contributed by atoms with E-state index in [4.69, 9.17) is 10.5 Å². The summed E-state index contributed by atoms with van der Waals surface area (Å²) in [5, 5.41) is 15.1. The maximum Gasteiger partial charge on any atom is 0.269 e. The van der Waals surface area contributed by atoms with Crippen LogP contribution in [0.15, 0.2) is 56.6 Å². The van der Waals surface area contributed by atoms with E-state index in [0.717, 1.165) is 32.2 Å². The Kier molecular flexibility index (Phi) is 9.46. The zero-order valence-corrected chi connectivity index (χ0v) is 18.5. The number of amides is 1. The van der Waals surface area contributed by atoms with Crippen LogP contribution in [-0.2, 0) is 17.6 Å². The van der Waals surface area contributed by atoms with Crippen molar-refractivity contribution in [1.82, 2.24) is 5.32 Å². The van der Waals surface area contributed by atoms with E-state index < -0.39 is 0 Å². The number of rotatable bonds is 10. The Bertz CT molecular complexity index is 791. The average molecular weight is 513 g/mol. The van der Waals surface area contributed by atoms with Crippen LogP contribution in [0.4, 0.5) is 0 Å². The third kappa shape index (κ3) is 6.92. The Morgan fingerprint density at radius 1 is 1.18 bits per heavy atom. The van der Waals surface area contributed by atoms with E-state index in [-0.39, 0.29) is 18.0 Å². The summed E-state index contributed by atoms with van der Waals surface area (Å²) in [5.74, 6) is 0.359. The molecule has 0 saturated carbocycles. The largest absolute Gasteiger partial charge is 0.493 e. The fourth-order valence-corrected chi connectivity index (χ4v) is 4.07. The number of hydrogen-bond donors (Lipinski definition) is 3. The molecule has 0 atom stereocenters. The van der Waals surface area contributed by atoms with Crippen LogP contribution in [0.3, 0.4) is 0 Å². The van der Waals surface area contributed by atoms with Gasteiger partial charge in [0.25, 0.3) is 5.91 Å². The van der Waals surface area contributed by atoms with E-state index in [0.29, 0.717) is 26.1 Å². The van der Waals surface area contributed by atoms with E-state index in [1.165, 1.54) is 0 Å². The second-order valence-electron chi connectivity index (χ2n) is 6.07. The van der Waals surface area contributed by atoms with Crippen LogP contribution in [0.25, 0.3) is 0 Å². The highest BCUT2D eigenvalue weighted by Crippen LogP contribution is 2.31. The molecule has 8 heteroatoms. The lowest BCUT2D eigenvalue weighted by molar-refractivity contribution is -0.115. The van der Waals surface area contributed by atoms with E-state index >= 15 is 0 Å². The molecule has 0 unspecified atom stereocenters. The number of nitrogens with zero attached hydrogens (tertiary/aromatic N) is 1. The third-order valence-corrected chi connectivity index (χ3v) is 5.40. The molecule has 4 N–H and O–H groups in total. The monoisotopic (exact) mass is 511 g/mol. The summed E-state index contributed by atoms with van der Waals surface area (Å²) in [5.41, 5.74) is 7.46. The maximum atomic E-state index is 12.3. The van der Waals surface area contributed by atoms with E-state index in [9.17, 15) is 10.0 Å². The summed E-state index contributed by atoms with van der Waals surface area (Å²) in [6.07, 6.45) is 1.66. The van der Waals surface area contributed by atoms with Gasteiger partial charge >= 0.3 is 0 Å². The molecule has 0 radical (unpaired) electrons. The van der Waals surface area contributed by atoms with Crippen LogP contribution in [0, 0.1) is 0 Å². The zero-order chi connectivity index (χ0) is 20.4. The van der Waals surface area contributed by atoms with Crippen molar-refractivity contribution in [2.75, 3.05) is 19.7 Å². The first-order valence-corrected chi connectivity index (χ1v) is 10.5. The van der Waals surface area contributed by atoms with Gasteiger partial charge in [0.1, 0.15) is 11.5 Å². The van der Waals surface area contributed by atoms with Gasteiger partial charge in [-0.2, -0.15) is 0 Å². The van der Waals surface area contributed by atoms with Gasteiger partial charge in [-0.05, 0) is 42.6 Å². The molecule has 6 nitrogen and oxygen atoms in total. The van der Waals surface area contributed by atoms with Gasteiger partial charge in [0, 0.05) is 21.9 Å². The van der Waals surface area contributed by atoms with Crippen molar-refractivity contribution in [2.45, 2.75) is 19.3 Å². The van der Waals surface area contributed by atoms with Crippen LogP contribution in [-0.4, -0.2) is 36.5 Å². The fraction of sp³-hybridized carbons (Fsp3) is 0.300. The molecule has 0 aliphatic heterocycles. The first kappa shape index (κ1) is 22.4. The SMILES string of the molecule is NCCCOc1cc(Br)c(CCNC(=O)C(Cc2ccccc2)=NO)c(Br)c1. The summed E-state index contributed by atoms with van der Waals surface area (Å²) in [4.78, 5) is 12.3. The summed E-state index contributed by atoms with van der Waals surface area (Å²) >= 11 is 7.10. The summed E-state index contributed by atoms with van der Waals surface area (Å²) in [6.45, 7) is 1.55. The highest BCUT2D eigenvalue weighted by molar-refractivity contribution is 9.11. The number of carbonyl (C=O) groups is 1. The normalized spacial score (nSPS) is 11.3. The molecule has 1 amide bonds. The summed E-state index contributed by atoms with van der Waals surface area (Å²) < 4.78 is 7.43. The molecule has 0 aliphatic carbocycles. The number of ether oxygens (including phenoxy) is 1. The number of nitrogens with one attached hydrogen (secondary N) is 1.